The number of nitrogens with one attached hydrogen (secondary N) is 5. The van der Waals surface area contributed by atoms with E-state index in [2.05, 4.69) is 26.6 Å². The largest absolute Gasteiger partial charge is 0.504 e. The van der Waals surface area contributed by atoms with Crippen LogP contribution in [0.5, 0.6) is 11.5 Å². The van der Waals surface area contributed by atoms with Crippen LogP contribution in [0.3, 0.4) is 0 Å². The molecule has 0 radical (unpaired) electrons. The lowest BCUT2D eigenvalue weighted by atomic mass is 9.98. The van der Waals surface area contributed by atoms with Gasteiger partial charge in [-0.15, -0.1) is 0 Å². The van der Waals surface area contributed by atoms with Crippen LogP contribution < -0.4 is 38.1 Å². The lowest BCUT2D eigenvalue weighted by molar-refractivity contribution is -0.142. The molecule has 3 atom stereocenters. The molecular weight excluding hydrogens is 738 g/mol. The van der Waals surface area contributed by atoms with E-state index in [9.17, 15) is 44.1 Å². The Hall–Kier alpha value is -6.20. The normalized spacial score (nSPS) is 13.2. The van der Waals surface area contributed by atoms with Crippen molar-refractivity contribution in [1.29, 1.82) is 0 Å². The van der Waals surface area contributed by atoms with Gasteiger partial charge in [0.1, 0.15) is 24.7 Å². The van der Waals surface area contributed by atoms with Gasteiger partial charge in [-0.2, -0.15) is 0 Å². The maximum absolute atomic E-state index is 13.4. The summed E-state index contributed by atoms with van der Waals surface area (Å²) < 4.78 is 5.61. The van der Waals surface area contributed by atoms with E-state index in [4.69, 9.17) is 16.2 Å². The first kappa shape index (κ1) is 43.5. The lowest BCUT2D eigenvalue weighted by Gasteiger charge is -2.22. The zero-order chi connectivity index (χ0) is 41.3. The standard InChI is InChI=1S/C40H51N7O10/c41-17-7-5-13-30(38(53)46-31(39(54)55)14-6-8-18-42)45-36(51)22-43-35(50)21-44-37(52)32(19-24-15-16-33(48)34(49)20-24)47-40(56)57-23-29-27-11-3-1-9-25(27)26-10-2-4-12-28(26)29/h1-4,9-12,15-16,20,29-32,48-49H,5-8,13-14,17-19,21-23,41-42H2,(H,43,50)(H,44,52)(H,45,51)(H,46,53)(H,47,56)(H,54,55)/t30-,31-,32-/m0/s1. The van der Waals surface area contributed by atoms with Gasteiger partial charge in [0.05, 0.1) is 13.1 Å². The highest BCUT2D eigenvalue weighted by atomic mass is 16.5. The number of phenols is 2. The number of aromatic hydroxyl groups is 2. The molecule has 0 spiro atoms. The molecule has 4 rings (SSSR count). The van der Waals surface area contributed by atoms with Gasteiger partial charge in [-0.25, -0.2) is 9.59 Å². The van der Waals surface area contributed by atoms with Gasteiger partial charge in [0, 0.05) is 12.3 Å². The van der Waals surface area contributed by atoms with Gasteiger partial charge < -0.3 is 58.1 Å². The van der Waals surface area contributed by atoms with Gasteiger partial charge in [-0.3, -0.25) is 19.2 Å². The number of benzene rings is 3. The number of unbranched alkanes of at least 4 members (excludes halogenated alkanes) is 2. The van der Waals surface area contributed by atoms with Crippen LogP contribution in [-0.4, -0.2) is 102 Å². The highest BCUT2D eigenvalue weighted by Gasteiger charge is 2.31. The van der Waals surface area contributed by atoms with Gasteiger partial charge in [-0.1, -0.05) is 54.6 Å². The number of alkyl carbamates (subject to hydrolysis) is 1. The third-order valence-electron chi connectivity index (χ3n) is 9.46. The van der Waals surface area contributed by atoms with E-state index in [0.717, 1.165) is 22.3 Å². The van der Waals surface area contributed by atoms with E-state index >= 15 is 0 Å². The van der Waals surface area contributed by atoms with Crippen LogP contribution in [0.1, 0.15) is 61.1 Å². The molecule has 0 aromatic heterocycles. The predicted octanol–water partition coefficient (Wildman–Crippen LogP) is 1.09. The maximum atomic E-state index is 13.4. The zero-order valence-corrected chi connectivity index (χ0v) is 31.5. The number of phenolic OH excluding ortho intramolecular Hbond substituents is 2. The molecule has 0 fully saturated rings. The molecule has 0 aliphatic heterocycles. The van der Waals surface area contributed by atoms with Crippen LogP contribution >= 0.6 is 0 Å². The number of hydrogen-bond acceptors (Lipinski definition) is 11. The molecule has 1 aliphatic rings. The molecule has 0 bridgehead atoms. The third kappa shape index (κ3) is 12.9. The van der Waals surface area contributed by atoms with Gasteiger partial charge in [0.15, 0.2) is 11.5 Å². The monoisotopic (exact) mass is 789 g/mol. The summed E-state index contributed by atoms with van der Waals surface area (Å²) in [5.74, 6) is -5.27. The Morgan fingerprint density at radius 2 is 1.25 bits per heavy atom. The fourth-order valence-electron chi connectivity index (χ4n) is 6.48. The van der Waals surface area contributed by atoms with E-state index in [0.29, 0.717) is 44.3 Å². The molecule has 0 heterocycles. The van der Waals surface area contributed by atoms with Crippen molar-refractivity contribution >= 4 is 35.7 Å². The lowest BCUT2D eigenvalue weighted by Crippen LogP contribution is -2.53. The Balaban J connectivity index is 1.33. The van der Waals surface area contributed by atoms with Crippen LogP contribution in [0, 0.1) is 0 Å². The van der Waals surface area contributed by atoms with E-state index in [1.807, 2.05) is 48.5 Å². The number of rotatable bonds is 22. The first-order chi connectivity index (χ1) is 27.4. The van der Waals surface area contributed by atoms with Crippen LogP contribution in [-0.2, 0) is 35.1 Å². The molecule has 5 amide bonds. The molecule has 12 N–H and O–H groups in total. The number of carbonyl (C=O) groups is 6. The Morgan fingerprint density at radius 3 is 1.84 bits per heavy atom. The SMILES string of the molecule is NCCCC[C@H](NC(=O)[C@H](CCCCN)NC(=O)CNC(=O)CNC(=O)[C@H](Cc1ccc(O)c(O)c1)NC(=O)OCC1c2ccccc2-c2ccccc21)C(=O)O. The number of carboxylic acid groups (broad SMARTS) is 1. The molecule has 57 heavy (non-hydrogen) atoms. The number of aliphatic carboxylic acids is 1. The molecule has 3 aromatic rings. The topological polar surface area (TPSA) is 285 Å². The number of carbonyl (C=O) groups excluding carboxylic acids is 5. The Bertz CT molecular complexity index is 1850. The molecule has 17 nitrogen and oxygen atoms in total. The van der Waals surface area contributed by atoms with Crippen LogP contribution in [0.2, 0.25) is 0 Å². The number of amides is 5. The minimum absolute atomic E-state index is 0.0247. The Labute approximate surface area is 329 Å². The number of carboxylic acids is 1. The summed E-state index contributed by atoms with van der Waals surface area (Å²) in [5.41, 5.74) is 15.5. The molecule has 0 saturated carbocycles. The third-order valence-corrected chi connectivity index (χ3v) is 9.46. The number of fused-ring (bicyclic) bond motifs is 3. The van der Waals surface area contributed by atoms with Crippen molar-refractivity contribution in [2.24, 2.45) is 11.5 Å². The summed E-state index contributed by atoms with van der Waals surface area (Å²) in [4.78, 5) is 76.7. The first-order valence-electron chi connectivity index (χ1n) is 18.8. The molecule has 17 heteroatoms. The average molecular weight is 790 g/mol. The molecule has 306 valence electrons. The predicted molar refractivity (Wildman–Crippen MR) is 209 cm³/mol. The Morgan fingerprint density at radius 1 is 0.649 bits per heavy atom. The fraction of sp³-hybridized carbons (Fsp3) is 0.400. The minimum Gasteiger partial charge on any atom is -0.504 e. The second-order valence-electron chi connectivity index (χ2n) is 13.6. The van der Waals surface area contributed by atoms with Crippen molar-refractivity contribution in [1.82, 2.24) is 26.6 Å². The molecule has 0 saturated heterocycles. The number of ether oxygens (including phenoxy) is 1. The Kier molecular flexibility index (Phi) is 16.6. The molecule has 1 aliphatic carbocycles. The second kappa shape index (κ2) is 21.8. The van der Waals surface area contributed by atoms with Crippen molar-refractivity contribution < 1.29 is 48.8 Å². The van der Waals surface area contributed by atoms with E-state index in [1.54, 1.807) is 0 Å². The fourth-order valence-corrected chi connectivity index (χ4v) is 6.48. The summed E-state index contributed by atoms with van der Waals surface area (Å²) in [6, 6.07) is 15.9. The quantitative estimate of drug-likeness (QED) is 0.0506. The summed E-state index contributed by atoms with van der Waals surface area (Å²) in [7, 11) is 0. The second-order valence-corrected chi connectivity index (χ2v) is 13.6. The highest BCUT2D eigenvalue weighted by Crippen LogP contribution is 2.44. The summed E-state index contributed by atoms with van der Waals surface area (Å²) in [5, 5.41) is 41.6. The maximum Gasteiger partial charge on any atom is 0.407 e. The number of hydrogen-bond donors (Lipinski definition) is 10. The van der Waals surface area contributed by atoms with E-state index in [-0.39, 0.29) is 37.5 Å². The number of nitrogens with two attached hydrogens (primary N) is 2. The van der Waals surface area contributed by atoms with Crippen LogP contribution in [0.15, 0.2) is 66.7 Å². The van der Waals surface area contributed by atoms with Crippen molar-refractivity contribution in [3.05, 3.63) is 83.4 Å². The van der Waals surface area contributed by atoms with Crippen LogP contribution in [0.4, 0.5) is 4.79 Å². The summed E-state index contributed by atoms with van der Waals surface area (Å²) >= 11 is 0. The minimum atomic E-state index is -1.29. The van der Waals surface area contributed by atoms with Crippen molar-refractivity contribution in [3.63, 3.8) is 0 Å². The highest BCUT2D eigenvalue weighted by molar-refractivity contribution is 5.93. The zero-order valence-electron chi connectivity index (χ0n) is 31.5. The first-order valence-corrected chi connectivity index (χ1v) is 18.8. The van der Waals surface area contributed by atoms with Gasteiger partial charge in [0.25, 0.3) is 0 Å². The van der Waals surface area contributed by atoms with Crippen molar-refractivity contribution in [2.75, 3.05) is 32.8 Å². The van der Waals surface area contributed by atoms with Gasteiger partial charge in [0.2, 0.25) is 23.6 Å². The molecular formula is C40H51N7O10. The smallest absolute Gasteiger partial charge is 0.407 e. The van der Waals surface area contributed by atoms with Gasteiger partial charge >= 0.3 is 12.1 Å². The van der Waals surface area contributed by atoms with Crippen molar-refractivity contribution in [3.8, 4) is 22.6 Å². The van der Waals surface area contributed by atoms with E-state index in [1.165, 1.54) is 18.2 Å². The van der Waals surface area contributed by atoms with Gasteiger partial charge in [-0.05, 0) is 91.6 Å². The summed E-state index contributed by atoms with van der Waals surface area (Å²) in [6.07, 6.45) is 1.34. The average Bonchev–Trinajstić information content (AvgIpc) is 3.52. The van der Waals surface area contributed by atoms with Crippen LogP contribution in [0.25, 0.3) is 11.1 Å². The molecule has 3 aromatic carbocycles. The van der Waals surface area contributed by atoms with E-state index < -0.39 is 72.7 Å². The molecule has 0 unspecified atom stereocenters. The summed E-state index contributed by atoms with van der Waals surface area (Å²) in [6.45, 7) is -0.470. The van der Waals surface area contributed by atoms with Crippen molar-refractivity contribution in [2.45, 2.75) is 69.0 Å².